The third-order valence-electron chi connectivity index (χ3n) is 4.62. The van der Waals surface area contributed by atoms with Gasteiger partial charge < -0.3 is 20.3 Å². The molecular weight excluding hydrogens is 270 g/mol. The summed E-state index contributed by atoms with van der Waals surface area (Å²) >= 11 is 0. The van der Waals surface area contributed by atoms with Crippen molar-refractivity contribution in [2.45, 2.75) is 31.7 Å². The third kappa shape index (κ3) is 4.17. The molecule has 1 saturated heterocycles. The highest BCUT2D eigenvalue weighted by atomic mass is 16.5. The molecule has 6 heteroatoms. The predicted molar refractivity (Wildman–Crippen MR) is 79.8 cm³/mol. The van der Waals surface area contributed by atoms with Gasteiger partial charge in [-0.15, -0.1) is 0 Å². The third-order valence-corrected chi connectivity index (χ3v) is 4.62. The summed E-state index contributed by atoms with van der Waals surface area (Å²) in [6.45, 7) is 2.28. The molecule has 2 rings (SSSR count). The SMILES string of the molecule is COCCCNC(=O)CN(C)C(=O)C1NCC2CCCC21. The molecule has 21 heavy (non-hydrogen) atoms. The fraction of sp³-hybridized carbons (Fsp3) is 0.867. The molecule has 1 aliphatic heterocycles. The number of nitrogens with one attached hydrogen (secondary N) is 2. The summed E-state index contributed by atoms with van der Waals surface area (Å²) in [7, 11) is 3.35. The number of methoxy groups -OCH3 is 1. The lowest BCUT2D eigenvalue weighted by atomic mass is 9.93. The fourth-order valence-electron chi connectivity index (χ4n) is 3.49. The summed E-state index contributed by atoms with van der Waals surface area (Å²) in [5.41, 5.74) is 0. The van der Waals surface area contributed by atoms with E-state index < -0.39 is 0 Å². The lowest BCUT2D eigenvalue weighted by Crippen LogP contribution is -2.48. The van der Waals surface area contributed by atoms with Crippen LogP contribution in [-0.2, 0) is 14.3 Å². The zero-order valence-electron chi connectivity index (χ0n) is 13.1. The van der Waals surface area contributed by atoms with Crippen LogP contribution in [0.25, 0.3) is 0 Å². The number of likely N-dealkylation sites (N-methyl/N-ethyl adjacent to an activating group) is 1. The van der Waals surface area contributed by atoms with Crippen LogP contribution in [0.4, 0.5) is 0 Å². The highest BCUT2D eigenvalue weighted by Crippen LogP contribution is 2.38. The number of rotatable bonds is 7. The first kappa shape index (κ1) is 16.2. The first-order valence-electron chi connectivity index (χ1n) is 7.87. The van der Waals surface area contributed by atoms with Gasteiger partial charge in [-0.3, -0.25) is 9.59 Å². The maximum atomic E-state index is 12.5. The number of hydrogen-bond donors (Lipinski definition) is 2. The van der Waals surface area contributed by atoms with E-state index in [4.69, 9.17) is 4.74 Å². The van der Waals surface area contributed by atoms with Crippen molar-refractivity contribution in [2.24, 2.45) is 11.8 Å². The molecule has 0 aromatic heterocycles. The Kier molecular flexibility index (Phi) is 5.99. The smallest absolute Gasteiger partial charge is 0.240 e. The molecule has 0 bridgehead atoms. The molecule has 2 fully saturated rings. The van der Waals surface area contributed by atoms with Crippen LogP contribution in [0.1, 0.15) is 25.7 Å². The zero-order valence-corrected chi connectivity index (χ0v) is 13.1. The summed E-state index contributed by atoms with van der Waals surface area (Å²) in [5.74, 6) is 1.05. The topological polar surface area (TPSA) is 70.7 Å². The van der Waals surface area contributed by atoms with E-state index >= 15 is 0 Å². The molecule has 0 aromatic rings. The van der Waals surface area contributed by atoms with Gasteiger partial charge in [-0.05, 0) is 37.6 Å². The maximum Gasteiger partial charge on any atom is 0.240 e. The molecule has 2 amide bonds. The Morgan fingerprint density at radius 1 is 1.38 bits per heavy atom. The molecule has 1 saturated carbocycles. The van der Waals surface area contributed by atoms with Crippen LogP contribution in [0.5, 0.6) is 0 Å². The van der Waals surface area contributed by atoms with Gasteiger partial charge in [-0.25, -0.2) is 0 Å². The van der Waals surface area contributed by atoms with Crippen molar-refractivity contribution in [2.75, 3.05) is 40.4 Å². The van der Waals surface area contributed by atoms with Gasteiger partial charge in [-0.1, -0.05) is 6.42 Å². The average molecular weight is 297 g/mol. The molecule has 2 N–H and O–H groups in total. The molecule has 0 spiro atoms. The first-order valence-corrected chi connectivity index (χ1v) is 7.87. The Hall–Kier alpha value is -1.14. The molecule has 1 aliphatic carbocycles. The molecule has 1 heterocycles. The number of carbonyl (C=O) groups excluding carboxylic acids is 2. The Labute approximate surface area is 126 Å². The van der Waals surface area contributed by atoms with Crippen LogP contribution in [-0.4, -0.2) is 63.2 Å². The molecule has 0 aromatic carbocycles. The number of ether oxygens (including phenoxy) is 1. The van der Waals surface area contributed by atoms with Gasteiger partial charge >= 0.3 is 0 Å². The average Bonchev–Trinajstić information content (AvgIpc) is 3.05. The minimum Gasteiger partial charge on any atom is -0.385 e. The van der Waals surface area contributed by atoms with Crippen LogP contribution in [0.3, 0.4) is 0 Å². The Morgan fingerprint density at radius 2 is 2.19 bits per heavy atom. The molecular formula is C15H27N3O3. The molecule has 0 radical (unpaired) electrons. The van der Waals surface area contributed by atoms with E-state index in [0.29, 0.717) is 25.0 Å². The quantitative estimate of drug-likeness (QED) is 0.648. The van der Waals surface area contributed by atoms with Gasteiger partial charge in [0.15, 0.2) is 0 Å². The maximum absolute atomic E-state index is 12.5. The molecule has 2 aliphatic rings. The summed E-state index contributed by atoms with van der Waals surface area (Å²) in [4.78, 5) is 25.8. The van der Waals surface area contributed by atoms with Crippen molar-refractivity contribution in [3.63, 3.8) is 0 Å². The number of fused-ring (bicyclic) bond motifs is 1. The van der Waals surface area contributed by atoms with Crippen LogP contribution >= 0.6 is 0 Å². The predicted octanol–water partition coefficient (Wildman–Crippen LogP) is -0.0144. The minimum atomic E-state index is -0.108. The second-order valence-corrected chi connectivity index (χ2v) is 6.13. The summed E-state index contributed by atoms with van der Waals surface area (Å²) in [6.07, 6.45) is 4.37. The zero-order chi connectivity index (χ0) is 15.2. The number of nitrogens with zero attached hydrogens (tertiary/aromatic N) is 1. The van der Waals surface area contributed by atoms with E-state index in [1.165, 1.54) is 12.8 Å². The Bertz CT molecular complexity index is 375. The molecule has 6 nitrogen and oxygen atoms in total. The van der Waals surface area contributed by atoms with Gasteiger partial charge in [0.2, 0.25) is 11.8 Å². The summed E-state index contributed by atoms with van der Waals surface area (Å²) < 4.78 is 4.93. The van der Waals surface area contributed by atoms with Gasteiger partial charge in [0.1, 0.15) is 0 Å². The second kappa shape index (κ2) is 7.75. The lowest BCUT2D eigenvalue weighted by molar-refractivity contribution is -0.137. The second-order valence-electron chi connectivity index (χ2n) is 6.13. The van der Waals surface area contributed by atoms with E-state index in [-0.39, 0.29) is 24.4 Å². The molecule has 3 unspecified atom stereocenters. The van der Waals surface area contributed by atoms with Gasteiger partial charge in [0.25, 0.3) is 0 Å². The van der Waals surface area contributed by atoms with E-state index in [0.717, 1.165) is 19.4 Å². The summed E-state index contributed by atoms with van der Waals surface area (Å²) in [6, 6.07) is -0.0937. The van der Waals surface area contributed by atoms with Crippen LogP contribution in [0, 0.1) is 11.8 Å². The van der Waals surface area contributed by atoms with Crippen molar-refractivity contribution in [3.05, 3.63) is 0 Å². The van der Waals surface area contributed by atoms with Crippen LogP contribution < -0.4 is 10.6 Å². The largest absolute Gasteiger partial charge is 0.385 e. The molecule has 120 valence electrons. The monoisotopic (exact) mass is 297 g/mol. The molecule has 3 atom stereocenters. The first-order chi connectivity index (χ1) is 10.1. The van der Waals surface area contributed by atoms with Gasteiger partial charge in [0.05, 0.1) is 12.6 Å². The highest BCUT2D eigenvalue weighted by molar-refractivity contribution is 5.87. The number of carbonyl (C=O) groups is 2. The van der Waals surface area contributed by atoms with Crippen molar-refractivity contribution in [3.8, 4) is 0 Å². The minimum absolute atomic E-state index is 0.0523. The fourth-order valence-corrected chi connectivity index (χ4v) is 3.49. The van der Waals surface area contributed by atoms with Crippen LogP contribution in [0.2, 0.25) is 0 Å². The lowest BCUT2D eigenvalue weighted by Gasteiger charge is -2.24. The van der Waals surface area contributed by atoms with Crippen molar-refractivity contribution >= 4 is 11.8 Å². The standard InChI is InChI=1S/C15H27N3O3/c1-18(10-13(19)16-7-4-8-21-2)15(20)14-12-6-3-5-11(12)9-17-14/h11-12,14,17H,3-10H2,1-2H3,(H,16,19). The normalized spacial score (nSPS) is 27.4. The highest BCUT2D eigenvalue weighted by Gasteiger charge is 2.43. The Balaban J connectivity index is 1.73. The van der Waals surface area contributed by atoms with E-state index in [1.54, 1.807) is 19.1 Å². The van der Waals surface area contributed by atoms with E-state index in [2.05, 4.69) is 10.6 Å². The van der Waals surface area contributed by atoms with Crippen molar-refractivity contribution in [1.29, 1.82) is 0 Å². The Morgan fingerprint density at radius 3 is 2.95 bits per heavy atom. The van der Waals surface area contributed by atoms with Crippen LogP contribution in [0.15, 0.2) is 0 Å². The van der Waals surface area contributed by atoms with E-state index in [9.17, 15) is 9.59 Å². The van der Waals surface area contributed by atoms with Gasteiger partial charge in [-0.2, -0.15) is 0 Å². The van der Waals surface area contributed by atoms with Gasteiger partial charge in [0, 0.05) is 27.3 Å². The number of hydrogen-bond acceptors (Lipinski definition) is 4. The summed E-state index contributed by atoms with van der Waals surface area (Å²) in [5, 5.41) is 6.14. The van der Waals surface area contributed by atoms with Crippen molar-refractivity contribution < 1.29 is 14.3 Å². The number of amides is 2. The van der Waals surface area contributed by atoms with E-state index in [1.807, 2.05) is 0 Å². The van der Waals surface area contributed by atoms with Crippen molar-refractivity contribution in [1.82, 2.24) is 15.5 Å².